The molecule has 0 saturated carbocycles. The molecule has 3 rings (SSSR count). The highest BCUT2D eigenvalue weighted by atomic mass is 80.0. The Bertz CT molecular complexity index is 1120. The number of piperazine rings is 1. The van der Waals surface area contributed by atoms with Gasteiger partial charge >= 0.3 is 30.3 Å². The average molecular weight is 780 g/mol. The van der Waals surface area contributed by atoms with Crippen LogP contribution in [-0.2, 0) is 14.3 Å². The van der Waals surface area contributed by atoms with E-state index in [2.05, 4.69) is 47.8 Å². The van der Waals surface area contributed by atoms with Crippen molar-refractivity contribution in [2.45, 2.75) is 39.5 Å². The molecule has 224 valence electrons. The Hall–Kier alpha value is -1.86. The number of hydrogen-bond donors (Lipinski definition) is 2. The van der Waals surface area contributed by atoms with Gasteiger partial charge in [0, 0.05) is 24.5 Å². The van der Waals surface area contributed by atoms with E-state index in [1.54, 1.807) is 27.7 Å². The fourth-order valence-corrected chi connectivity index (χ4v) is 5.21. The zero-order valence-corrected chi connectivity index (χ0v) is 25.0. The summed E-state index contributed by atoms with van der Waals surface area (Å²) in [4.78, 5) is 38.6. The van der Waals surface area contributed by atoms with Crippen LogP contribution in [-0.4, -0.2) is 88.1 Å². The molecule has 0 spiro atoms. The molecule has 2 fully saturated rings. The van der Waals surface area contributed by atoms with E-state index in [9.17, 15) is 40.7 Å². The van der Waals surface area contributed by atoms with Crippen molar-refractivity contribution in [2.24, 2.45) is 0 Å². The number of carbonyl (C=O) groups excluding carboxylic acids is 3. The molecular weight excluding hydrogens is 759 g/mol. The van der Waals surface area contributed by atoms with Gasteiger partial charge < -0.3 is 20.3 Å². The average Bonchev–Trinajstić information content (AvgIpc) is 3.19. The number of carbonyl (C=O) groups is 3. The molecule has 19 heteroatoms. The van der Waals surface area contributed by atoms with Crippen LogP contribution in [0.3, 0.4) is 0 Å². The van der Waals surface area contributed by atoms with Gasteiger partial charge in [-0.05, 0) is 31.2 Å². The van der Waals surface area contributed by atoms with Gasteiger partial charge in [-0.15, -0.1) is 0 Å². The first-order chi connectivity index (χ1) is 18.2. The number of ether oxygens (including phenoxy) is 1. The van der Waals surface area contributed by atoms with Crippen molar-refractivity contribution in [1.82, 2.24) is 15.5 Å². The molecular formula is C21H21Br3F7N5O4. The third-order valence-electron chi connectivity index (χ3n) is 5.98. The minimum Gasteiger partial charge on any atom is -0.442 e. The second-order valence-corrected chi connectivity index (χ2v) is 16.0. The summed E-state index contributed by atoms with van der Waals surface area (Å²) >= 11 is 9.24. The molecule has 40 heavy (non-hydrogen) atoms. The number of benzene rings is 1. The zero-order chi connectivity index (χ0) is 30.3. The van der Waals surface area contributed by atoms with Crippen LogP contribution in [0.1, 0.15) is 6.92 Å². The molecule has 3 unspecified atom stereocenters. The van der Waals surface area contributed by atoms with E-state index in [0.29, 0.717) is 11.4 Å². The van der Waals surface area contributed by atoms with Gasteiger partial charge in [0.05, 0.1) is 19.6 Å². The molecule has 2 aliphatic heterocycles. The van der Waals surface area contributed by atoms with Gasteiger partial charge in [0.25, 0.3) is 0 Å². The Morgan fingerprint density at radius 2 is 1.57 bits per heavy atom. The Labute approximate surface area is 248 Å². The lowest BCUT2D eigenvalue weighted by Crippen LogP contribution is -2.68. The molecule has 0 aromatic heterocycles. The summed E-state index contributed by atoms with van der Waals surface area (Å²) in [5.41, 5.74) is 0.838. The number of alkyl halides is 10. The molecule has 2 aliphatic rings. The number of cyclic esters (lactones) is 1. The van der Waals surface area contributed by atoms with E-state index in [-0.39, 0.29) is 26.2 Å². The van der Waals surface area contributed by atoms with Gasteiger partial charge in [0.15, 0.2) is 7.94 Å². The second kappa shape index (κ2) is 11.8. The van der Waals surface area contributed by atoms with Crippen molar-refractivity contribution in [1.29, 1.82) is 0 Å². The van der Waals surface area contributed by atoms with Crippen molar-refractivity contribution in [2.75, 3.05) is 42.5 Å². The highest BCUT2D eigenvalue weighted by Gasteiger charge is 2.51. The van der Waals surface area contributed by atoms with E-state index in [0.717, 1.165) is 16.7 Å². The standard InChI is InChI=1S/C21H21Br3F7N5O4/c1-18(25)10-34(6-7-36(18)14(19(22,23)24)33-16(38)21(29,30)31)11-2-4-12(5-3-11)35-9-13(40-17(35)39)8-32-15(37)20(26,27)28/h2-5,13-14H,6-10H2,1H3,(H,32,37)(H,33,38). The smallest absolute Gasteiger partial charge is 0.442 e. The summed E-state index contributed by atoms with van der Waals surface area (Å²) in [5.74, 6) is -6.64. The Morgan fingerprint density at radius 3 is 2.08 bits per heavy atom. The van der Waals surface area contributed by atoms with Gasteiger partial charge in [0.1, 0.15) is 12.3 Å². The van der Waals surface area contributed by atoms with Gasteiger partial charge in [-0.1, -0.05) is 47.8 Å². The lowest BCUT2D eigenvalue weighted by atomic mass is 10.1. The minimum atomic E-state index is -5.19. The first-order valence-electron chi connectivity index (χ1n) is 11.3. The van der Waals surface area contributed by atoms with Crippen molar-refractivity contribution >= 4 is 77.1 Å². The van der Waals surface area contributed by atoms with Crippen molar-refractivity contribution < 1.29 is 49.9 Å². The van der Waals surface area contributed by atoms with Crippen LogP contribution in [0.4, 0.5) is 46.9 Å². The summed E-state index contributed by atoms with van der Waals surface area (Å²) in [6, 6.07) is 6.11. The molecule has 2 saturated heterocycles. The molecule has 3 atom stereocenters. The number of nitrogens with zero attached hydrogens (tertiary/aromatic N) is 3. The normalized spacial score (nSPS) is 23.6. The van der Waals surface area contributed by atoms with E-state index in [1.165, 1.54) is 12.1 Å². The maximum Gasteiger partial charge on any atom is 0.471 e. The van der Waals surface area contributed by atoms with Gasteiger partial charge in [-0.25, -0.2) is 14.1 Å². The van der Waals surface area contributed by atoms with Crippen LogP contribution in [0.5, 0.6) is 0 Å². The molecule has 9 nitrogen and oxygen atoms in total. The van der Waals surface area contributed by atoms with Crippen molar-refractivity contribution in [3.05, 3.63) is 24.3 Å². The lowest BCUT2D eigenvalue weighted by molar-refractivity contribution is -0.177. The summed E-state index contributed by atoms with van der Waals surface area (Å²) in [6.07, 6.45) is -13.6. The monoisotopic (exact) mass is 777 g/mol. The summed E-state index contributed by atoms with van der Waals surface area (Å²) in [5, 5.41) is 3.43. The van der Waals surface area contributed by atoms with E-state index in [1.807, 2.05) is 0 Å². The third-order valence-corrected chi connectivity index (χ3v) is 7.29. The summed E-state index contributed by atoms with van der Waals surface area (Å²) in [7, 11) is 0. The molecule has 0 radical (unpaired) electrons. The molecule has 1 aromatic carbocycles. The summed E-state index contributed by atoms with van der Waals surface area (Å²) < 4.78 is 95.1. The number of halogens is 10. The van der Waals surface area contributed by atoms with Gasteiger partial charge in [0.2, 0.25) is 0 Å². The first-order valence-corrected chi connectivity index (χ1v) is 13.7. The Kier molecular flexibility index (Phi) is 9.63. The zero-order valence-electron chi connectivity index (χ0n) is 20.3. The minimum absolute atomic E-state index is 0.105. The SMILES string of the molecule is CC1(F)CN(c2ccc(N3CC(CNC(=O)C(F)(F)F)OC3=O)cc2)CCN1C(NC(=O)C(F)(F)F)C(Br)(Br)Br. The molecule has 3 amide bonds. The predicted molar refractivity (Wildman–Crippen MR) is 139 cm³/mol. The topological polar surface area (TPSA) is 94.2 Å². The van der Waals surface area contributed by atoms with Crippen molar-refractivity contribution in [3.8, 4) is 0 Å². The maximum atomic E-state index is 15.8. The van der Waals surface area contributed by atoms with Gasteiger partial charge in [-0.2, -0.15) is 26.3 Å². The summed E-state index contributed by atoms with van der Waals surface area (Å²) in [6.45, 7) is 0.216. The Balaban J connectivity index is 1.66. The molecule has 2 heterocycles. The van der Waals surface area contributed by atoms with Crippen LogP contribution in [0.15, 0.2) is 24.3 Å². The van der Waals surface area contributed by atoms with Crippen LogP contribution < -0.4 is 20.4 Å². The predicted octanol–water partition coefficient (Wildman–Crippen LogP) is 4.34. The number of amides is 3. The van der Waals surface area contributed by atoms with E-state index < -0.39 is 57.0 Å². The fourth-order valence-electron chi connectivity index (χ4n) is 4.13. The lowest BCUT2D eigenvalue weighted by Gasteiger charge is -2.49. The maximum absolute atomic E-state index is 15.8. The quantitative estimate of drug-likeness (QED) is 0.254. The van der Waals surface area contributed by atoms with E-state index in [4.69, 9.17) is 4.74 Å². The molecule has 0 bridgehead atoms. The largest absolute Gasteiger partial charge is 0.471 e. The highest BCUT2D eigenvalue weighted by Crippen LogP contribution is 2.42. The second-order valence-electron chi connectivity index (χ2n) is 9.01. The molecule has 1 aromatic rings. The number of nitrogens with one attached hydrogen (secondary N) is 2. The fraction of sp³-hybridized carbons (Fsp3) is 0.571. The first kappa shape index (κ1) is 32.7. The molecule has 2 N–H and O–H groups in total. The van der Waals surface area contributed by atoms with Crippen LogP contribution in [0.2, 0.25) is 0 Å². The van der Waals surface area contributed by atoms with Crippen molar-refractivity contribution in [3.63, 3.8) is 0 Å². The highest BCUT2D eigenvalue weighted by molar-refractivity contribution is 9.39. The number of anilines is 2. The van der Waals surface area contributed by atoms with Crippen LogP contribution in [0, 0.1) is 0 Å². The molecule has 0 aliphatic carbocycles. The third kappa shape index (κ3) is 7.90. The number of hydrogen-bond acceptors (Lipinski definition) is 6. The van der Waals surface area contributed by atoms with Gasteiger partial charge in [-0.3, -0.25) is 14.5 Å². The van der Waals surface area contributed by atoms with E-state index >= 15 is 4.39 Å². The van der Waals surface area contributed by atoms with Crippen LogP contribution in [0.25, 0.3) is 0 Å². The number of rotatable bonds is 6. The van der Waals surface area contributed by atoms with Crippen LogP contribution >= 0.6 is 47.8 Å². The Morgan fingerprint density at radius 1 is 1.02 bits per heavy atom.